The second kappa shape index (κ2) is 7.56. The number of likely N-dealkylation sites (N-methyl/N-ethyl adjacent to an activating group) is 1. The van der Waals surface area contributed by atoms with Gasteiger partial charge in [-0.1, -0.05) is 24.3 Å². The fraction of sp³-hybridized carbons (Fsp3) is 0.429. The maximum atomic E-state index is 9.55. The summed E-state index contributed by atoms with van der Waals surface area (Å²) in [5, 5.41) is 15.6. The Labute approximate surface area is 158 Å². The molecule has 4 atom stereocenters. The molecule has 1 saturated carbocycles. The molecule has 27 heavy (non-hydrogen) atoms. The van der Waals surface area contributed by atoms with Crippen LogP contribution in [0.4, 0.5) is 0 Å². The van der Waals surface area contributed by atoms with Gasteiger partial charge in [0.05, 0.1) is 7.11 Å². The van der Waals surface area contributed by atoms with E-state index in [4.69, 9.17) is 14.9 Å². The maximum Gasteiger partial charge on any atom is 0.328 e. The zero-order valence-corrected chi connectivity index (χ0v) is 15.5. The van der Waals surface area contributed by atoms with Crippen LogP contribution in [0.5, 0.6) is 5.75 Å². The number of nitrogens with zero attached hydrogens (tertiary/aromatic N) is 1. The molecule has 1 heterocycles. The summed E-state index contributed by atoms with van der Waals surface area (Å²) in [6, 6.07) is 8.77. The number of hydrogen-bond donors (Lipinski definition) is 2. The van der Waals surface area contributed by atoms with Crippen LogP contribution in [-0.2, 0) is 15.0 Å². The number of fused-ring (bicyclic) bond motifs is 5. The smallest absolute Gasteiger partial charge is 0.328 e. The molecule has 2 bridgehead atoms. The Morgan fingerprint density at radius 2 is 1.93 bits per heavy atom. The van der Waals surface area contributed by atoms with E-state index in [1.54, 1.807) is 7.11 Å². The van der Waals surface area contributed by atoms with Crippen LogP contribution in [0.3, 0.4) is 0 Å². The molecule has 0 spiro atoms. The summed E-state index contributed by atoms with van der Waals surface area (Å²) < 4.78 is 5.43. The predicted molar refractivity (Wildman–Crippen MR) is 101 cm³/mol. The molecule has 1 aromatic rings. The molecule has 4 unspecified atom stereocenters. The molecule has 2 aliphatic carbocycles. The van der Waals surface area contributed by atoms with E-state index in [2.05, 4.69) is 48.4 Å². The van der Waals surface area contributed by atoms with Crippen molar-refractivity contribution in [2.24, 2.45) is 17.8 Å². The Morgan fingerprint density at radius 1 is 1.22 bits per heavy atom. The van der Waals surface area contributed by atoms with Crippen molar-refractivity contribution < 1.29 is 24.5 Å². The van der Waals surface area contributed by atoms with Crippen LogP contribution in [-0.4, -0.2) is 54.3 Å². The highest BCUT2D eigenvalue weighted by atomic mass is 16.5. The van der Waals surface area contributed by atoms with Crippen molar-refractivity contribution >= 4 is 11.9 Å². The minimum Gasteiger partial charge on any atom is -0.497 e. The third-order valence-corrected chi connectivity index (χ3v) is 5.97. The molecule has 144 valence electrons. The molecule has 1 aromatic carbocycles. The van der Waals surface area contributed by atoms with Crippen LogP contribution < -0.4 is 4.74 Å². The molecule has 6 heteroatoms. The molecule has 1 saturated heterocycles. The second-order valence-corrected chi connectivity index (χ2v) is 7.48. The normalized spacial score (nSPS) is 30.8. The summed E-state index contributed by atoms with van der Waals surface area (Å²) in [5.74, 6) is 0.784. The number of carboxylic acid groups (broad SMARTS) is 2. The van der Waals surface area contributed by atoms with Crippen molar-refractivity contribution in [3.8, 4) is 5.75 Å². The van der Waals surface area contributed by atoms with Gasteiger partial charge >= 0.3 is 11.9 Å². The lowest BCUT2D eigenvalue weighted by molar-refractivity contribution is -0.134. The van der Waals surface area contributed by atoms with Gasteiger partial charge in [0.2, 0.25) is 0 Å². The highest BCUT2D eigenvalue weighted by molar-refractivity contribution is 5.89. The first-order chi connectivity index (χ1) is 12.9. The van der Waals surface area contributed by atoms with Gasteiger partial charge in [-0.2, -0.15) is 0 Å². The zero-order chi connectivity index (χ0) is 19.6. The van der Waals surface area contributed by atoms with E-state index in [-0.39, 0.29) is 0 Å². The van der Waals surface area contributed by atoms with Crippen LogP contribution in [0.15, 0.2) is 48.6 Å². The summed E-state index contributed by atoms with van der Waals surface area (Å²) in [6.45, 7) is 2.43. The number of rotatable bonds is 4. The Hall–Kier alpha value is -2.60. The highest BCUT2D eigenvalue weighted by Gasteiger charge is 2.60. The first-order valence-corrected chi connectivity index (χ1v) is 9.02. The molecule has 0 radical (unpaired) electrons. The number of benzene rings is 1. The molecule has 2 fully saturated rings. The molecule has 1 aliphatic heterocycles. The molecular formula is C21H25NO5. The van der Waals surface area contributed by atoms with Gasteiger partial charge in [-0.15, -0.1) is 0 Å². The molecule has 3 aliphatic rings. The first-order valence-electron chi connectivity index (χ1n) is 9.02. The van der Waals surface area contributed by atoms with E-state index in [9.17, 15) is 9.59 Å². The fourth-order valence-corrected chi connectivity index (χ4v) is 5.02. The molecule has 2 N–H and O–H groups in total. The third-order valence-electron chi connectivity index (χ3n) is 5.97. The van der Waals surface area contributed by atoms with E-state index < -0.39 is 11.9 Å². The third kappa shape index (κ3) is 3.62. The first kappa shape index (κ1) is 19.2. The van der Waals surface area contributed by atoms with Gasteiger partial charge in [0.25, 0.3) is 0 Å². The monoisotopic (exact) mass is 371 g/mol. The van der Waals surface area contributed by atoms with Crippen LogP contribution in [0.25, 0.3) is 0 Å². The maximum absolute atomic E-state index is 9.55. The lowest BCUT2D eigenvalue weighted by Crippen LogP contribution is -2.39. The van der Waals surface area contributed by atoms with Crippen LogP contribution >= 0.6 is 0 Å². The van der Waals surface area contributed by atoms with Crippen molar-refractivity contribution in [1.29, 1.82) is 0 Å². The largest absolute Gasteiger partial charge is 0.497 e. The number of carboxylic acids is 2. The number of hydrogen-bond acceptors (Lipinski definition) is 4. The molecule has 0 amide bonds. The number of likely N-dealkylation sites (tertiary alicyclic amines) is 1. The van der Waals surface area contributed by atoms with E-state index in [1.807, 2.05) is 0 Å². The van der Waals surface area contributed by atoms with Gasteiger partial charge < -0.3 is 19.8 Å². The lowest BCUT2D eigenvalue weighted by Gasteiger charge is -2.37. The van der Waals surface area contributed by atoms with Crippen LogP contribution in [0, 0.1) is 17.8 Å². The number of aliphatic carboxylic acids is 2. The Kier molecular flexibility index (Phi) is 5.37. The molecule has 0 aromatic heterocycles. The number of ether oxygens (including phenoxy) is 1. The average molecular weight is 371 g/mol. The van der Waals surface area contributed by atoms with Crippen molar-refractivity contribution in [2.45, 2.75) is 11.8 Å². The van der Waals surface area contributed by atoms with Gasteiger partial charge in [0.15, 0.2) is 0 Å². The van der Waals surface area contributed by atoms with Crippen molar-refractivity contribution in [3.05, 3.63) is 54.1 Å². The Balaban J connectivity index is 0.000000226. The van der Waals surface area contributed by atoms with Gasteiger partial charge in [-0.3, -0.25) is 0 Å². The summed E-state index contributed by atoms with van der Waals surface area (Å²) in [5.41, 5.74) is 1.82. The SMILES string of the molecule is COc1cccc(C23CN(C)CC2C2C=CC3C2)c1.O=C(O)/C=C\C(=O)O. The second-order valence-electron chi connectivity index (χ2n) is 7.48. The number of methoxy groups -OCH3 is 1. The minimum absolute atomic E-state index is 0.336. The summed E-state index contributed by atoms with van der Waals surface area (Å²) in [6.07, 6.45) is 7.41. The van der Waals surface area contributed by atoms with Crippen molar-refractivity contribution in [3.63, 3.8) is 0 Å². The quantitative estimate of drug-likeness (QED) is 0.624. The zero-order valence-electron chi connectivity index (χ0n) is 15.5. The summed E-state index contributed by atoms with van der Waals surface area (Å²) in [7, 11) is 4.02. The van der Waals surface area contributed by atoms with Gasteiger partial charge in [-0.05, 0) is 48.9 Å². The van der Waals surface area contributed by atoms with Crippen LogP contribution in [0.2, 0.25) is 0 Å². The van der Waals surface area contributed by atoms with Gasteiger partial charge in [0, 0.05) is 30.7 Å². The van der Waals surface area contributed by atoms with Gasteiger partial charge in [-0.25, -0.2) is 9.59 Å². The topological polar surface area (TPSA) is 87.1 Å². The number of carbonyl (C=O) groups is 2. The van der Waals surface area contributed by atoms with E-state index in [1.165, 1.54) is 25.1 Å². The summed E-state index contributed by atoms with van der Waals surface area (Å²) >= 11 is 0. The molecular weight excluding hydrogens is 346 g/mol. The van der Waals surface area contributed by atoms with E-state index >= 15 is 0 Å². The van der Waals surface area contributed by atoms with E-state index in [0.29, 0.717) is 17.6 Å². The molecule has 4 rings (SSSR count). The Morgan fingerprint density at radius 3 is 2.56 bits per heavy atom. The van der Waals surface area contributed by atoms with E-state index in [0.717, 1.165) is 23.5 Å². The predicted octanol–water partition coefficient (Wildman–Crippen LogP) is 2.41. The fourth-order valence-electron chi connectivity index (χ4n) is 5.02. The van der Waals surface area contributed by atoms with Crippen molar-refractivity contribution in [2.75, 3.05) is 27.2 Å². The lowest BCUT2D eigenvalue weighted by atomic mass is 9.66. The molecule has 6 nitrogen and oxygen atoms in total. The van der Waals surface area contributed by atoms with Crippen LogP contribution in [0.1, 0.15) is 12.0 Å². The summed E-state index contributed by atoms with van der Waals surface area (Å²) in [4.78, 5) is 21.6. The number of allylic oxidation sites excluding steroid dienone is 2. The minimum atomic E-state index is -1.26. The van der Waals surface area contributed by atoms with Crippen molar-refractivity contribution in [1.82, 2.24) is 4.90 Å². The van der Waals surface area contributed by atoms with Gasteiger partial charge in [0.1, 0.15) is 5.75 Å². The Bertz CT molecular complexity index is 771. The highest BCUT2D eigenvalue weighted by Crippen LogP contribution is 2.60. The average Bonchev–Trinajstić information content (AvgIpc) is 3.32. The standard InChI is InChI=1S/C17H21NO.C4H4O4/c1-18-10-16-12-6-7-14(8-12)17(16,11-18)13-4-3-5-15(9-13)19-2;5-3(6)1-2-4(7)8/h3-7,9,12,14,16H,8,10-11H2,1-2H3;1-2H,(H,5,6)(H,7,8)/b;2-1-.